The Morgan fingerprint density at radius 1 is 1.23 bits per heavy atom. The van der Waals surface area contributed by atoms with Crippen molar-refractivity contribution in [1.29, 1.82) is 0 Å². The number of hydrogen-bond donors (Lipinski definition) is 1. The molecule has 2 rings (SSSR count). The van der Waals surface area contributed by atoms with E-state index in [1.54, 1.807) is 0 Å². The maximum absolute atomic E-state index is 5.48. The van der Waals surface area contributed by atoms with E-state index in [1.165, 1.54) is 11.5 Å². The van der Waals surface area contributed by atoms with Crippen LogP contribution in [0.15, 0.2) is 28.7 Å². The molecule has 0 fully saturated rings. The molecule has 1 heterocycles. The van der Waals surface area contributed by atoms with Crippen LogP contribution in [0.2, 0.25) is 0 Å². The van der Waals surface area contributed by atoms with Gasteiger partial charge in [0.15, 0.2) is 11.0 Å². The van der Waals surface area contributed by atoms with Gasteiger partial charge >= 0.3 is 0 Å². The second-order valence-electron chi connectivity index (χ2n) is 2.46. The van der Waals surface area contributed by atoms with Gasteiger partial charge in [-0.15, -0.1) is 0 Å². The van der Waals surface area contributed by atoms with E-state index in [0.717, 1.165) is 10.0 Å². The van der Waals surface area contributed by atoms with Crippen LogP contribution in [-0.4, -0.2) is 9.36 Å². The zero-order valence-corrected chi connectivity index (χ0v) is 8.97. The molecule has 0 aliphatic carbocycles. The summed E-state index contributed by atoms with van der Waals surface area (Å²) in [5.74, 6) is 0.690. The number of rotatable bonds is 1. The van der Waals surface area contributed by atoms with Crippen molar-refractivity contribution in [3.05, 3.63) is 28.7 Å². The number of nitrogens with two attached hydrogens (primary N) is 1. The van der Waals surface area contributed by atoms with Crippen LogP contribution in [0.4, 0.5) is 5.13 Å². The number of anilines is 1. The number of aromatic nitrogens is 2. The minimum Gasteiger partial charge on any atom is -0.374 e. The van der Waals surface area contributed by atoms with Gasteiger partial charge in [0.05, 0.1) is 0 Å². The summed E-state index contributed by atoms with van der Waals surface area (Å²) >= 11 is 4.57. The van der Waals surface area contributed by atoms with Gasteiger partial charge < -0.3 is 5.73 Å². The van der Waals surface area contributed by atoms with Gasteiger partial charge in [-0.05, 0) is 12.1 Å². The molecular formula is C8H6BrN3S. The summed E-state index contributed by atoms with van der Waals surface area (Å²) in [4.78, 5) is 4.08. The molecule has 0 aliphatic heterocycles. The Hall–Kier alpha value is -0.940. The van der Waals surface area contributed by atoms with Crippen LogP contribution in [0.25, 0.3) is 11.4 Å². The van der Waals surface area contributed by atoms with Crippen molar-refractivity contribution in [2.24, 2.45) is 0 Å². The van der Waals surface area contributed by atoms with Gasteiger partial charge in [0.25, 0.3) is 0 Å². The minimum absolute atomic E-state index is 0.498. The molecule has 0 radical (unpaired) electrons. The predicted molar refractivity (Wildman–Crippen MR) is 57.5 cm³/mol. The fraction of sp³-hybridized carbons (Fsp3) is 0. The SMILES string of the molecule is Nc1nc(-c2ccc(Br)cc2)ns1. The molecule has 66 valence electrons. The molecule has 0 saturated carbocycles. The van der Waals surface area contributed by atoms with Crippen LogP contribution >= 0.6 is 27.5 Å². The van der Waals surface area contributed by atoms with Crippen LogP contribution in [0.5, 0.6) is 0 Å². The number of nitrogens with zero attached hydrogens (tertiary/aromatic N) is 2. The summed E-state index contributed by atoms with van der Waals surface area (Å²) in [7, 11) is 0. The molecule has 0 spiro atoms. The maximum atomic E-state index is 5.48. The van der Waals surface area contributed by atoms with Crippen molar-refractivity contribution in [3.8, 4) is 11.4 Å². The van der Waals surface area contributed by atoms with Crippen LogP contribution < -0.4 is 5.73 Å². The summed E-state index contributed by atoms with van der Waals surface area (Å²) in [6.45, 7) is 0. The molecule has 0 amide bonds. The minimum atomic E-state index is 0.498. The second kappa shape index (κ2) is 3.43. The van der Waals surface area contributed by atoms with Crippen molar-refractivity contribution in [1.82, 2.24) is 9.36 Å². The summed E-state index contributed by atoms with van der Waals surface area (Å²) in [5, 5.41) is 0.498. The lowest BCUT2D eigenvalue weighted by molar-refractivity contribution is 1.33. The van der Waals surface area contributed by atoms with Crippen molar-refractivity contribution in [2.75, 3.05) is 5.73 Å². The van der Waals surface area contributed by atoms with Gasteiger partial charge in [-0.1, -0.05) is 28.1 Å². The average Bonchev–Trinajstić information content (AvgIpc) is 2.53. The Labute approximate surface area is 87.9 Å². The van der Waals surface area contributed by atoms with E-state index in [0.29, 0.717) is 11.0 Å². The lowest BCUT2D eigenvalue weighted by Crippen LogP contribution is -1.83. The topological polar surface area (TPSA) is 51.8 Å². The third kappa shape index (κ3) is 1.87. The van der Waals surface area contributed by atoms with E-state index < -0.39 is 0 Å². The van der Waals surface area contributed by atoms with Crippen LogP contribution in [0.3, 0.4) is 0 Å². The molecule has 5 heteroatoms. The Morgan fingerprint density at radius 2 is 1.92 bits per heavy atom. The molecule has 2 aromatic rings. The van der Waals surface area contributed by atoms with Gasteiger partial charge in [0, 0.05) is 21.6 Å². The third-order valence-corrected chi connectivity index (χ3v) is 2.62. The zero-order chi connectivity index (χ0) is 9.26. The lowest BCUT2D eigenvalue weighted by atomic mass is 10.2. The highest BCUT2D eigenvalue weighted by atomic mass is 79.9. The van der Waals surface area contributed by atoms with E-state index in [2.05, 4.69) is 25.3 Å². The smallest absolute Gasteiger partial charge is 0.200 e. The summed E-state index contributed by atoms with van der Waals surface area (Å²) < 4.78 is 5.15. The van der Waals surface area contributed by atoms with Gasteiger partial charge in [0.2, 0.25) is 0 Å². The van der Waals surface area contributed by atoms with Crippen LogP contribution in [0, 0.1) is 0 Å². The second-order valence-corrected chi connectivity index (χ2v) is 4.16. The van der Waals surface area contributed by atoms with Gasteiger partial charge in [-0.2, -0.15) is 9.36 Å². The number of benzene rings is 1. The summed E-state index contributed by atoms with van der Waals surface area (Å²) in [6.07, 6.45) is 0. The highest BCUT2D eigenvalue weighted by Crippen LogP contribution is 2.21. The molecule has 13 heavy (non-hydrogen) atoms. The van der Waals surface area contributed by atoms with Crippen molar-refractivity contribution >= 4 is 32.6 Å². The molecule has 0 atom stereocenters. The molecule has 1 aromatic carbocycles. The normalized spacial score (nSPS) is 10.2. The Morgan fingerprint density at radius 3 is 2.46 bits per heavy atom. The molecule has 2 N–H and O–H groups in total. The first-order valence-electron chi connectivity index (χ1n) is 3.61. The number of nitrogen functional groups attached to an aromatic ring is 1. The first-order chi connectivity index (χ1) is 6.25. The van der Waals surface area contributed by atoms with Gasteiger partial charge in [0.1, 0.15) is 0 Å². The largest absolute Gasteiger partial charge is 0.374 e. The Bertz CT molecular complexity index is 410. The van der Waals surface area contributed by atoms with Crippen molar-refractivity contribution in [3.63, 3.8) is 0 Å². The van der Waals surface area contributed by atoms with Gasteiger partial charge in [-0.25, -0.2) is 0 Å². The highest BCUT2D eigenvalue weighted by Gasteiger charge is 2.02. The van der Waals surface area contributed by atoms with E-state index >= 15 is 0 Å². The molecule has 0 saturated heterocycles. The first-order valence-corrected chi connectivity index (χ1v) is 5.17. The quantitative estimate of drug-likeness (QED) is 0.853. The molecular weight excluding hydrogens is 250 g/mol. The van der Waals surface area contributed by atoms with E-state index in [4.69, 9.17) is 5.73 Å². The number of hydrogen-bond acceptors (Lipinski definition) is 4. The van der Waals surface area contributed by atoms with E-state index in [-0.39, 0.29) is 0 Å². The predicted octanol–water partition coefficient (Wildman–Crippen LogP) is 2.55. The van der Waals surface area contributed by atoms with Gasteiger partial charge in [-0.3, -0.25) is 0 Å². The fourth-order valence-electron chi connectivity index (χ4n) is 0.951. The number of halogens is 1. The average molecular weight is 256 g/mol. The van der Waals surface area contributed by atoms with Crippen molar-refractivity contribution in [2.45, 2.75) is 0 Å². The van der Waals surface area contributed by atoms with Crippen LogP contribution in [-0.2, 0) is 0 Å². The zero-order valence-electron chi connectivity index (χ0n) is 6.57. The Kier molecular flexibility index (Phi) is 2.28. The molecule has 3 nitrogen and oxygen atoms in total. The van der Waals surface area contributed by atoms with Crippen LogP contribution in [0.1, 0.15) is 0 Å². The maximum Gasteiger partial charge on any atom is 0.200 e. The van der Waals surface area contributed by atoms with Crippen molar-refractivity contribution < 1.29 is 0 Å². The van der Waals surface area contributed by atoms with E-state index in [9.17, 15) is 0 Å². The standard InChI is InChI=1S/C8H6BrN3S/c9-6-3-1-5(2-4-6)7-11-8(10)13-12-7/h1-4H,(H2,10,11,12). The third-order valence-electron chi connectivity index (χ3n) is 1.54. The summed E-state index contributed by atoms with van der Waals surface area (Å²) in [6, 6.07) is 7.80. The van der Waals surface area contributed by atoms with E-state index in [1.807, 2.05) is 24.3 Å². The molecule has 0 bridgehead atoms. The Balaban J connectivity index is 2.41. The molecule has 1 aromatic heterocycles. The highest BCUT2D eigenvalue weighted by molar-refractivity contribution is 9.10. The lowest BCUT2D eigenvalue weighted by Gasteiger charge is -1.93. The molecule has 0 unspecified atom stereocenters. The first kappa shape index (κ1) is 8.65. The monoisotopic (exact) mass is 255 g/mol. The fourth-order valence-corrected chi connectivity index (χ4v) is 1.67. The summed E-state index contributed by atoms with van der Waals surface area (Å²) in [5.41, 5.74) is 6.46. The molecule has 0 aliphatic rings.